The van der Waals surface area contributed by atoms with Crippen molar-refractivity contribution in [2.75, 3.05) is 18.2 Å². The molecule has 0 spiro atoms. The van der Waals surface area contributed by atoms with Crippen molar-refractivity contribution in [1.82, 2.24) is 9.97 Å². The number of hydrogen-bond acceptors (Lipinski definition) is 5. The minimum atomic E-state index is 0.366. The first-order chi connectivity index (χ1) is 7.79. The summed E-state index contributed by atoms with van der Waals surface area (Å²) >= 11 is 0. The van der Waals surface area contributed by atoms with E-state index >= 15 is 0 Å². The van der Waals surface area contributed by atoms with Crippen LogP contribution in [0.4, 0.5) is 17.3 Å². The maximum absolute atomic E-state index is 5.67. The lowest BCUT2D eigenvalue weighted by Gasteiger charge is -2.08. The fraction of sp³-hybridized carbons (Fsp3) is 0.0909. The third-order valence-electron chi connectivity index (χ3n) is 2.06. The topological polar surface area (TPSA) is 73.1 Å². The molecule has 82 valence electrons. The van der Waals surface area contributed by atoms with Crippen molar-refractivity contribution < 1.29 is 4.74 Å². The molecule has 1 aromatic heterocycles. The highest BCUT2D eigenvalue weighted by Gasteiger charge is 2.01. The summed E-state index contributed by atoms with van der Waals surface area (Å²) in [5, 5.41) is 3.07. The second kappa shape index (κ2) is 4.48. The van der Waals surface area contributed by atoms with E-state index < -0.39 is 0 Å². The predicted molar refractivity (Wildman–Crippen MR) is 62.7 cm³/mol. The molecular weight excluding hydrogens is 204 g/mol. The molecule has 0 unspecified atom stereocenters. The summed E-state index contributed by atoms with van der Waals surface area (Å²) in [4.78, 5) is 8.03. The molecule has 0 aliphatic rings. The molecule has 0 aliphatic carbocycles. The normalized spacial score (nSPS) is 9.81. The van der Waals surface area contributed by atoms with E-state index in [1.54, 1.807) is 19.5 Å². The van der Waals surface area contributed by atoms with Gasteiger partial charge in [0.1, 0.15) is 5.75 Å². The van der Waals surface area contributed by atoms with Gasteiger partial charge in [-0.25, -0.2) is 9.97 Å². The zero-order chi connectivity index (χ0) is 11.4. The van der Waals surface area contributed by atoms with Crippen molar-refractivity contribution in [3.8, 4) is 5.75 Å². The van der Waals surface area contributed by atoms with Crippen molar-refractivity contribution in [2.24, 2.45) is 0 Å². The number of nitrogen functional groups attached to an aromatic ring is 1. The van der Waals surface area contributed by atoms with Crippen LogP contribution < -0.4 is 15.8 Å². The number of anilines is 3. The maximum atomic E-state index is 5.67. The largest absolute Gasteiger partial charge is 0.497 e. The zero-order valence-electron chi connectivity index (χ0n) is 8.84. The molecule has 0 aliphatic heterocycles. The number of hydrogen-bond donors (Lipinski definition) is 2. The highest BCUT2D eigenvalue weighted by atomic mass is 16.5. The van der Waals surface area contributed by atoms with Crippen LogP contribution in [0.1, 0.15) is 0 Å². The Hall–Kier alpha value is -2.30. The lowest BCUT2D eigenvalue weighted by Crippen LogP contribution is -2.00. The summed E-state index contributed by atoms with van der Waals surface area (Å²) in [6.07, 6.45) is 3.13. The van der Waals surface area contributed by atoms with Crippen molar-refractivity contribution in [3.63, 3.8) is 0 Å². The highest BCUT2D eigenvalue weighted by molar-refractivity contribution is 5.65. The predicted octanol–water partition coefficient (Wildman–Crippen LogP) is 1.81. The van der Waals surface area contributed by atoms with Gasteiger partial charge in [-0.1, -0.05) is 6.07 Å². The number of rotatable bonds is 3. The van der Waals surface area contributed by atoms with Crippen LogP contribution in [0.15, 0.2) is 36.7 Å². The average molecular weight is 216 g/mol. The van der Waals surface area contributed by atoms with E-state index in [4.69, 9.17) is 10.5 Å². The minimum absolute atomic E-state index is 0.366. The van der Waals surface area contributed by atoms with Crippen molar-refractivity contribution in [2.45, 2.75) is 0 Å². The molecule has 0 saturated carbocycles. The molecule has 0 amide bonds. The fourth-order valence-corrected chi connectivity index (χ4v) is 1.28. The zero-order valence-corrected chi connectivity index (χ0v) is 8.84. The molecule has 2 rings (SSSR count). The Labute approximate surface area is 93.3 Å². The van der Waals surface area contributed by atoms with E-state index in [1.807, 2.05) is 24.3 Å². The number of nitrogens with zero attached hydrogens (tertiary/aromatic N) is 2. The first-order valence-corrected chi connectivity index (χ1v) is 4.77. The molecule has 1 heterocycles. The summed E-state index contributed by atoms with van der Waals surface area (Å²) in [5.74, 6) is 1.67. The van der Waals surface area contributed by atoms with Gasteiger partial charge in [-0.3, -0.25) is 0 Å². The van der Waals surface area contributed by atoms with Crippen molar-refractivity contribution in [3.05, 3.63) is 36.7 Å². The molecule has 5 nitrogen and oxygen atoms in total. The number of benzene rings is 1. The van der Waals surface area contributed by atoms with Gasteiger partial charge >= 0.3 is 0 Å². The minimum Gasteiger partial charge on any atom is -0.497 e. The third kappa shape index (κ3) is 2.20. The maximum Gasteiger partial charge on any atom is 0.173 e. The van der Waals surface area contributed by atoms with Crippen LogP contribution in [0.3, 0.4) is 0 Å². The van der Waals surface area contributed by atoms with E-state index in [-0.39, 0.29) is 0 Å². The standard InChI is InChI=1S/C11H12N4O/c1-16-9-4-2-3-8(7-9)15-11-10(12)13-5-6-14-11/h2-7H,1H3,(H2,12,13)(H,14,15). The molecule has 2 aromatic rings. The van der Waals surface area contributed by atoms with Gasteiger partial charge in [0.25, 0.3) is 0 Å². The molecule has 5 heteroatoms. The molecular formula is C11H12N4O. The quantitative estimate of drug-likeness (QED) is 0.818. The van der Waals surface area contributed by atoms with Gasteiger partial charge in [0.2, 0.25) is 0 Å². The van der Waals surface area contributed by atoms with Crippen LogP contribution in [0.2, 0.25) is 0 Å². The van der Waals surface area contributed by atoms with Crippen LogP contribution in [0.25, 0.3) is 0 Å². The summed E-state index contributed by atoms with van der Waals surface area (Å²) in [7, 11) is 1.62. The van der Waals surface area contributed by atoms with Gasteiger partial charge in [0.05, 0.1) is 7.11 Å². The SMILES string of the molecule is COc1cccc(Nc2nccnc2N)c1. The third-order valence-corrected chi connectivity index (χ3v) is 2.06. The smallest absolute Gasteiger partial charge is 0.173 e. The van der Waals surface area contributed by atoms with E-state index in [1.165, 1.54) is 0 Å². The number of methoxy groups -OCH3 is 1. The second-order valence-corrected chi connectivity index (χ2v) is 3.15. The molecule has 0 atom stereocenters. The monoisotopic (exact) mass is 216 g/mol. The molecule has 0 saturated heterocycles. The Balaban J connectivity index is 2.24. The lowest BCUT2D eigenvalue weighted by molar-refractivity contribution is 0.415. The van der Waals surface area contributed by atoms with E-state index in [2.05, 4.69) is 15.3 Å². The Morgan fingerprint density at radius 1 is 1.25 bits per heavy atom. The first kappa shape index (κ1) is 10.2. The summed E-state index contributed by atoms with van der Waals surface area (Å²) in [6.45, 7) is 0. The molecule has 0 bridgehead atoms. The van der Waals surface area contributed by atoms with Gasteiger partial charge in [0.15, 0.2) is 11.6 Å². The number of ether oxygens (including phenoxy) is 1. The van der Waals surface area contributed by atoms with Gasteiger partial charge in [-0.05, 0) is 12.1 Å². The van der Waals surface area contributed by atoms with Gasteiger partial charge in [-0.2, -0.15) is 0 Å². The van der Waals surface area contributed by atoms with E-state index in [0.717, 1.165) is 11.4 Å². The number of nitrogens with two attached hydrogens (primary N) is 1. The van der Waals surface area contributed by atoms with E-state index in [9.17, 15) is 0 Å². The summed E-state index contributed by atoms with van der Waals surface area (Å²) < 4.78 is 5.12. The molecule has 0 fully saturated rings. The Kier molecular flexibility index (Phi) is 2.86. The van der Waals surface area contributed by atoms with Gasteiger partial charge in [-0.15, -0.1) is 0 Å². The average Bonchev–Trinajstić information content (AvgIpc) is 2.32. The van der Waals surface area contributed by atoms with Gasteiger partial charge < -0.3 is 15.8 Å². The number of aromatic nitrogens is 2. The summed E-state index contributed by atoms with van der Waals surface area (Å²) in [5.41, 5.74) is 6.52. The molecule has 16 heavy (non-hydrogen) atoms. The van der Waals surface area contributed by atoms with Crippen molar-refractivity contribution in [1.29, 1.82) is 0 Å². The first-order valence-electron chi connectivity index (χ1n) is 4.77. The Bertz CT molecular complexity index is 487. The Morgan fingerprint density at radius 3 is 2.81 bits per heavy atom. The van der Waals surface area contributed by atoms with E-state index in [0.29, 0.717) is 11.6 Å². The van der Waals surface area contributed by atoms with Crippen LogP contribution in [-0.2, 0) is 0 Å². The fourth-order valence-electron chi connectivity index (χ4n) is 1.28. The Morgan fingerprint density at radius 2 is 2.06 bits per heavy atom. The summed E-state index contributed by atoms with van der Waals surface area (Å²) in [6, 6.07) is 7.50. The molecule has 3 N–H and O–H groups in total. The van der Waals surface area contributed by atoms with Gasteiger partial charge in [0, 0.05) is 24.1 Å². The van der Waals surface area contributed by atoms with Crippen LogP contribution in [0, 0.1) is 0 Å². The highest BCUT2D eigenvalue weighted by Crippen LogP contribution is 2.21. The van der Waals surface area contributed by atoms with Crippen LogP contribution in [0.5, 0.6) is 5.75 Å². The molecule has 0 radical (unpaired) electrons. The lowest BCUT2D eigenvalue weighted by atomic mass is 10.3. The van der Waals surface area contributed by atoms with Crippen molar-refractivity contribution >= 4 is 17.3 Å². The molecule has 1 aromatic carbocycles. The second-order valence-electron chi connectivity index (χ2n) is 3.15. The number of nitrogens with one attached hydrogen (secondary N) is 1. The van der Waals surface area contributed by atoms with Crippen LogP contribution in [-0.4, -0.2) is 17.1 Å². The van der Waals surface area contributed by atoms with Crippen LogP contribution >= 0.6 is 0 Å².